The van der Waals surface area contributed by atoms with Crippen LogP contribution in [0.4, 0.5) is 0 Å². The third kappa shape index (κ3) is 3.40. The summed E-state index contributed by atoms with van der Waals surface area (Å²) in [5.74, 6) is -0.783. The Balaban J connectivity index is 1.81. The normalized spacial score (nSPS) is 17.6. The van der Waals surface area contributed by atoms with Crippen molar-refractivity contribution in [2.24, 2.45) is 0 Å². The Labute approximate surface area is 160 Å². The fourth-order valence-corrected chi connectivity index (χ4v) is 3.13. The molecule has 1 aliphatic rings. The predicted octanol–water partition coefficient (Wildman–Crippen LogP) is 2.82. The van der Waals surface area contributed by atoms with E-state index in [1.165, 1.54) is 23.5 Å². The van der Waals surface area contributed by atoms with Crippen LogP contribution in [0.5, 0.6) is 0 Å². The van der Waals surface area contributed by atoms with Gasteiger partial charge in [-0.05, 0) is 18.6 Å². The molecule has 9 heteroatoms. The molecule has 0 saturated carbocycles. The zero-order valence-corrected chi connectivity index (χ0v) is 15.4. The molecule has 0 radical (unpaired) electrons. The number of amides is 1. The molecular weight excluding hydrogens is 375 g/mol. The second-order valence-corrected chi connectivity index (χ2v) is 6.68. The van der Waals surface area contributed by atoms with Crippen molar-refractivity contribution in [2.45, 2.75) is 19.5 Å². The molecule has 1 aromatic heterocycles. The lowest BCUT2D eigenvalue weighted by Gasteiger charge is -2.40. The summed E-state index contributed by atoms with van der Waals surface area (Å²) in [4.78, 5) is 23.6. The van der Waals surface area contributed by atoms with E-state index in [1.807, 2.05) is 6.92 Å². The van der Waals surface area contributed by atoms with Crippen molar-refractivity contribution in [1.29, 1.82) is 10.8 Å². The van der Waals surface area contributed by atoms with Crippen LogP contribution in [0.15, 0.2) is 36.8 Å². The maximum absolute atomic E-state index is 12.7. The van der Waals surface area contributed by atoms with Gasteiger partial charge in [0.25, 0.3) is 5.91 Å². The average molecular weight is 391 g/mol. The van der Waals surface area contributed by atoms with Crippen LogP contribution in [0.1, 0.15) is 18.2 Å². The number of nitrogens with zero attached hydrogens (tertiary/aromatic N) is 4. The van der Waals surface area contributed by atoms with Gasteiger partial charge in [-0.25, -0.2) is 4.98 Å². The SMILES string of the molecule is C[C@@H]1CN(C(=N)c2cnccn2)C(=N)C(=O)N1Cc1cccc(Cl)c1Cl. The van der Waals surface area contributed by atoms with Gasteiger partial charge in [0.2, 0.25) is 0 Å². The van der Waals surface area contributed by atoms with Gasteiger partial charge >= 0.3 is 0 Å². The van der Waals surface area contributed by atoms with Crippen LogP contribution in [-0.2, 0) is 11.3 Å². The first-order valence-corrected chi connectivity index (χ1v) is 8.60. The van der Waals surface area contributed by atoms with Gasteiger partial charge in [-0.1, -0.05) is 35.3 Å². The Morgan fingerprint density at radius 2 is 2.12 bits per heavy atom. The Bertz CT molecular complexity index is 873. The predicted molar refractivity (Wildman–Crippen MR) is 99.8 cm³/mol. The number of carbonyl (C=O) groups excluding carboxylic acids is 1. The first-order valence-electron chi connectivity index (χ1n) is 7.85. The largest absolute Gasteiger partial charge is 0.327 e. The zero-order valence-electron chi connectivity index (χ0n) is 13.9. The molecular formula is C17H16Cl2N6O. The highest BCUT2D eigenvalue weighted by Crippen LogP contribution is 2.28. The lowest BCUT2D eigenvalue weighted by Crippen LogP contribution is -2.59. The molecule has 1 fully saturated rings. The smallest absolute Gasteiger partial charge is 0.289 e. The molecule has 2 heterocycles. The number of carbonyl (C=O) groups is 1. The molecule has 1 aromatic carbocycles. The number of rotatable bonds is 3. The van der Waals surface area contributed by atoms with Gasteiger partial charge in [-0.3, -0.25) is 20.6 Å². The van der Waals surface area contributed by atoms with Crippen molar-refractivity contribution in [3.63, 3.8) is 0 Å². The van der Waals surface area contributed by atoms with Crippen molar-refractivity contribution in [2.75, 3.05) is 6.54 Å². The number of hydrogen-bond acceptors (Lipinski definition) is 5. The molecule has 3 rings (SSSR count). The first-order chi connectivity index (χ1) is 12.4. The van der Waals surface area contributed by atoms with Crippen molar-refractivity contribution < 1.29 is 4.79 Å². The number of nitrogens with one attached hydrogen (secondary N) is 2. The second kappa shape index (κ2) is 7.39. The van der Waals surface area contributed by atoms with Crippen LogP contribution in [-0.4, -0.2) is 49.9 Å². The Kier molecular flexibility index (Phi) is 5.20. The van der Waals surface area contributed by atoms with E-state index >= 15 is 0 Å². The van der Waals surface area contributed by atoms with E-state index in [0.717, 1.165) is 0 Å². The van der Waals surface area contributed by atoms with E-state index < -0.39 is 5.91 Å². The maximum Gasteiger partial charge on any atom is 0.289 e. The molecule has 0 unspecified atom stereocenters. The van der Waals surface area contributed by atoms with E-state index in [2.05, 4.69) is 9.97 Å². The van der Waals surface area contributed by atoms with Crippen molar-refractivity contribution in [3.05, 3.63) is 58.1 Å². The van der Waals surface area contributed by atoms with Gasteiger partial charge in [-0.2, -0.15) is 0 Å². The van der Waals surface area contributed by atoms with Crippen LogP contribution in [0.25, 0.3) is 0 Å². The molecule has 1 aliphatic heterocycles. The summed E-state index contributed by atoms with van der Waals surface area (Å²) in [6.07, 6.45) is 4.40. The van der Waals surface area contributed by atoms with Crippen LogP contribution in [0, 0.1) is 10.8 Å². The molecule has 2 aromatic rings. The minimum absolute atomic E-state index is 0.0243. The van der Waals surface area contributed by atoms with E-state index in [-0.39, 0.29) is 24.3 Å². The van der Waals surface area contributed by atoms with Gasteiger partial charge in [-0.15, -0.1) is 0 Å². The zero-order chi connectivity index (χ0) is 18.8. The molecule has 2 N–H and O–H groups in total. The molecule has 0 bridgehead atoms. The average Bonchev–Trinajstić information content (AvgIpc) is 2.65. The van der Waals surface area contributed by atoms with E-state index in [9.17, 15) is 4.79 Å². The highest BCUT2D eigenvalue weighted by molar-refractivity contribution is 6.42. The summed E-state index contributed by atoms with van der Waals surface area (Å²) in [5, 5.41) is 17.3. The minimum Gasteiger partial charge on any atom is -0.327 e. The van der Waals surface area contributed by atoms with E-state index in [0.29, 0.717) is 27.8 Å². The van der Waals surface area contributed by atoms with E-state index in [1.54, 1.807) is 23.1 Å². The number of halogens is 2. The number of amidine groups is 2. The van der Waals surface area contributed by atoms with Crippen molar-refractivity contribution in [3.8, 4) is 0 Å². The third-order valence-electron chi connectivity index (χ3n) is 4.16. The Morgan fingerprint density at radius 3 is 2.81 bits per heavy atom. The first kappa shape index (κ1) is 18.3. The number of benzene rings is 1. The maximum atomic E-state index is 12.7. The molecule has 134 valence electrons. The van der Waals surface area contributed by atoms with Crippen LogP contribution in [0.3, 0.4) is 0 Å². The van der Waals surface area contributed by atoms with Crippen LogP contribution in [0.2, 0.25) is 10.0 Å². The molecule has 1 amide bonds. The lowest BCUT2D eigenvalue weighted by atomic mass is 10.1. The molecule has 0 spiro atoms. The molecule has 7 nitrogen and oxygen atoms in total. The van der Waals surface area contributed by atoms with E-state index in [4.69, 9.17) is 34.0 Å². The quantitative estimate of drug-likeness (QED) is 0.621. The van der Waals surface area contributed by atoms with Crippen LogP contribution >= 0.6 is 23.2 Å². The summed E-state index contributed by atoms with van der Waals surface area (Å²) < 4.78 is 0. The fraction of sp³-hybridized carbons (Fsp3) is 0.235. The molecule has 0 aliphatic carbocycles. The monoisotopic (exact) mass is 390 g/mol. The Morgan fingerprint density at radius 1 is 1.35 bits per heavy atom. The molecule has 26 heavy (non-hydrogen) atoms. The summed E-state index contributed by atoms with van der Waals surface area (Å²) >= 11 is 12.3. The van der Waals surface area contributed by atoms with Gasteiger partial charge in [0.15, 0.2) is 11.7 Å². The van der Waals surface area contributed by atoms with Gasteiger partial charge in [0.05, 0.1) is 16.2 Å². The van der Waals surface area contributed by atoms with Gasteiger partial charge in [0.1, 0.15) is 5.69 Å². The lowest BCUT2D eigenvalue weighted by molar-refractivity contribution is -0.129. The van der Waals surface area contributed by atoms with Crippen LogP contribution < -0.4 is 0 Å². The van der Waals surface area contributed by atoms with Gasteiger partial charge < -0.3 is 9.80 Å². The number of hydrogen-bond donors (Lipinski definition) is 2. The Hall–Kier alpha value is -2.51. The standard InChI is InChI=1S/C17H16Cl2N6O/c1-10-8-25(15(20)13-7-22-5-6-23-13)16(21)17(26)24(10)9-11-3-2-4-12(18)14(11)19/h2-7,10,20-21H,8-9H2,1H3/t10-/m1/s1. The summed E-state index contributed by atoms with van der Waals surface area (Å²) in [7, 11) is 0. The second-order valence-electron chi connectivity index (χ2n) is 5.89. The minimum atomic E-state index is -0.478. The molecule has 1 saturated heterocycles. The highest BCUT2D eigenvalue weighted by Gasteiger charge is 2.37. The fourth-order valence-electron chi connectivity index (χ4n) is 2.75. The highest BCUT2D eigenvalue weighted by atomic mass is 35.5. The van der Waals surface area contributed by atoms with Crippen molar-refractivity contribution in [1.82, 2.24) is 19.8 Å². The number of aromatic nitrogens is 2. The third-order valence-corrected chi connectivity index (χ3v) is 5.02. The summed E-state index contributed by atoms with van der Waals surface area (Å²) in [6, 6.07) is 5.01. The topological polar surface area (TPSA) is 97.0 Å². The summed E-state index contributed by atoms with van der Waals surface area (Å²) in [5.41, 5.74) is 1.02. The van der Waals surface area contributed by atoms with Gasteiger partial charge in [0, 0.05) is 31.5 Å². The summed E-state index contributed by atoms with van der Waals surface area (Å²) in [6.45, 7) is 2.41. The molecule has 1 atom stereocenters. The van der Waals surface area contributed by atoms with Crippen molar-refractivity contribution >= 4 is 40.8 Å². The number of piperazine rings is 1.